The normalized spacial score (nSPS) is 17.3. The third-order valence-electron chi connectivity index (χ3n) is 14.5. The van der Waals surface area contributed by atoms with E-state index in [9.17, 15) is 27.6 Å². The lowest BCUT2D eigenvalue weighted by Gasteiger charge is -2.25. The molecule has 5 aromatic carbocycles. The Labute approximate surface area is 442 Å². The quantitative estimate of drug-likeness (QED) is 0.0446. The van der Waals surface area contributed by atoms with Crippen molar-refractivity contribution in [1.29, 1.82) is 0 Å². The Hall–Kier alpha value is -6.01. The second-order valence-corrected chi connectivity index (χ2v) is 25.1. The lowest BCUT2D eigenvalue weighted by molar-refractivity contribution is -0.118. The first-order valence-corrected chi connectivity index (χ1v) is 29.0. The van der Waals surface area contributed by atoms with Crippen molar-refractivity contribution in [3.8, 4) is 17.2 Å². The van der Waals surface area contributed by atoms with E-state index in [0.717, 1.165) is 65.7 Å². The molecule has 0 fully saturated rings. The number of hydrogen-bond donors (Lipinski definition) is 1. The highest BCUT2D eigenvalue weighted by Crippen LogP contribution is 2.43. The Morgan fingerprint density at radius 2 is 1.42 bits per heavy atom. The molecule has 0 bridgehead atoms. The van der Waals surface area contributed by atoms with Crippen LogP contribution in [0.1, 0.15) is 107 Å². The summed E-state index contributed by atoms with van der Waals surface area (Å²) in [4.78, 5) is 60.6. The summed E-state index contributed by atoms with van der Waals surface area (Å²) in [6.07, 6.45) is 4.09. The molecule has 74 heavy (non-hydrogen) atoms. The van der Waals surface area contributed by atoms with Gasteiger partial charge in [-0.1, -0.05) is 64.9 Å². The predicted octanol–water partition coefficient (Wildman–Crippen LogP) is 10.3. The van der Waals surface area contributed by atoms with Crippen LogP contribution in [0.5, 0.6) is 17.2 Å². The predicted molar refractivity (Wildman–Crippen MR) is 294 cm³/mol. The van der Waals surface area contributed by atoms with Crippen molar-refractivity contribution in [1.82, 2.24) is 0 Å². The minimum absolute atomic E-state index is 0.0133. The number of ketones is 1. The van der Waals surface area contributed by atoms with Gasteiger partial charge in [0.1, 0.15) is 24.2 Å². The monoisotopic (exact) mass is 1060 g/mol. The number of para-hydroxylation sites is 2. The fourth-order valence-electron chi connectivity index (χ4n) is 10.6. The molecule has 0 saturated carbocycles. The summed E-state index contributed by atoms with van der Waals surface area (Å²) in [7, 11) is 3.67. The van der Waals surface area contributed by atoms with Crippen molar-refractivity contribution in [3.05, 3.63) is 136 Å². The molecule has 0 saturated heterocycles. The van der Waals surface area contributed by atoms with E-state index < -0.39 is 15.4 Å². The zero-order chi connectivity index (χ0) is 52.5. The number of rotatable bonds is 20. The lowest BCUT2D eigenvalue weighted by Crippen LogP contribution is -2.41. The van der Waals surface area contributed by atoms with Gasteiger partial charge < -0.3 is 34.2 Å². The molecule has 3 amide bonds. The van der Waals surface area contributed by atoms with Gasteiger partial charge in [0.2, 0.25) is 5.91 Å². The molecule has 1 N–H and O–H groups in total. The maximum Gasteiger partial charge on any atom is 0.277 e. The van der Waals surface area contributed by atoms with Gasteiger partial charge in [-0.05, 0) is 141 Å². The minimum Gasteiger partial charge on any atom is -0.493 e. The van der Waals surface area contributed by atoms with E-state index in [1.165, 1.54) is 21.9 Å². The van der Waals surface area contributed by atoms with E-state index in [-0.39, 0.29) is 72.8 Å². The molecule has 4 aliphatic rings. The first-order valence-electron chi connectivity index (χ1n) is 25.2. The SMILES string of the molecule is CCC(=O)C(CCSSC(C)(C)CCC(=O)Nc1cc(COc2cc3c(cc2C)C(=O)N2c4ccccc4C[C@H]2CN3C)cc(COc2cc3c(cc2OC)C(=O)N2c4ccccc4C[C@H]2CC3)c1)S(=O)(=O)OC. The minimum atomic E-state index is -3.99. The van der Waals surface area contributed by atoms with Crippen LogP contribution in [0.4, 0.5) is 22.7 Å². The van der Waals surface area contributed by atoms with Crippen LogP contribution in [0, 0.1) is 6.92 Å². The molecule has 9 rings (SSSR count). The van der Waals surface area contributed by atoms with Crippen LogP contribution < -0.4 is 34.2 Å². The molecule has 390 valence electrons. The van der Waals surface area contributed by atoms with Crippen molar-refractivity contribution in [2.24, 2.45) is 0 Å². The third kappa shape index (κ3) is 11.2. The summed E-state index contributed by atoms with van der Waals surface area (Å²) < 4.78 is 48.1. The number of amides is 3. The van der Waals surface area contributed by atoms with Gasteiger partial charge in [-0.2, -0.15) is 8.42 Å². The van der Waals surface area contributed by atoms with Crippen LogP contribution in [0.3, 0.4) is 0 Å². The van der Waals surface area contributed by atoms with Gasteiger partial charge >= 0.3 is 0 Å². The highest BCUT2D eigenvalue weighted by atomic mass is 33.1. The maximum atomic E-state index is 14.2. The highest BCUT2D eigenvalue weighted by Gasteiger charge is 2.40. The molecule has 0 aliphatic carbocycles. The van der Waals surface area contributed by atoms with Crippen molar-refractivity contribution >= 4 is 78.0 Å². The number of fused-ring (bicyclic) bond motifs is 8. The number of anilines is 4. The lowest BCUT2D eigenvalue weighted by atomic mass is 9.99. The number of carbonyl (C=O) groups excluding carboxylic acids is 4. The number of ether oxygens (including phenoxy) is 3. The summed E-state index contributed by atoms with van der Waals surface area (Å²) in [6, 6.07) is 29.6. The van der Waals surface area contributed by atoms with Gasteiger partial charge in [0, 0.05) is 71.7 Å². The Balaban J connectivity index is 0.921. The molecule has 0 aromatic heterocycles. The summed E-state index contributed by atoms with van der Waals surface area (Å²) in [5, 5.41) is 1.91. The first kappa shape index (κ1) is 52.8. The molecule has 0 spiro atoms. The third-order valence-corrected chi connectivity index (χ3v) is 19.5. The molecule has 1 unspecified atom stereocenters. The van der Waals surface area contributed by atoms with Gasteiger partial charge in [-0.25, -0.2) is 0 Å². The van der Waals surface area contributed by atoms with Crippen LogP contribution in [0.2, 0.25) is 0 Å². The molecule has 0 radical (unpaired) electrons. The summed E-state index contributed by atoms with van der Waals surface area (Å²) >= 11 is 0. The molecule has 4 heterocycles. The number of hydrogen-bond acceptors (Lipinski definition) is 13. The highest BCUT2D eigenvalue weighted by molar-refractivity contribution is 8.77. The van der Waals surface area contributed by atoms with Crippen molar-refractivity contribution in [3.63, 3.8) is 0 Å². The van der Waals surface area contributed by atoms with Crippen LogP contribution in [0.15, 0.2) is 91.0 Å². The van der Waals surface area contributed by atoms with E-state index in [2.05, 4.69) is 26.5 Å². The summed E-state index contributed by atoms with van der Waals surface area (Å²) in [5.41, 5.74) is 10.1. The number of carbonyl (C=O) groups is 4. The van der Waals surface area contributed by atoms with E-state index in [0.29, 0.717) is 59.2 Å². The smallest absolute Gasteiger partial charge is 0.277 e. The number of nitrogens with zero attached hydrogens (tertiary/aromatic N) is 3. The second-order valence-electron chi connectivity index (χ2n) is 20.1. The largest absolute Gasteiger partial charge is 0.493 e. The van der Waals surface area contributed by atoms with Gasteiger partial charge in [-0.15, -0.1) is 0 Å². The fraction of sp³-hybridized carbons (Fsp3) is 0.404. The van der Waals surface area contributed by atoms with Crippen LogP contribution in [-0.4, -0.2) is 87.6 Å². The molecule has 4 aliphatic heterocycles. The Morgan fingerprint density at radius 1 is 0.784 bits per heavy atom. The first-order chi connectivity index (χ1) is 35.5. The number of likely N-dealkylation sites (N-methyl/N-ethyl adjacent to an activating group) is 1. The van der Waals surface area contributed by atoms with Gasteiger partial charge in [0.05, 0.1) is 31.5 Å². The number of nitrogens with one attached hydrogen (secondary N) is 1. The molecule has 3 atom stereocenters. The number of aryl methyl sites for hydroxylation is 2. The Bertz CT molecular complexity index is 3110. The summed E-state index contributed by atoms with van der Waals surface area (Å²) in [6.45, 7) is 8.57. The topological polar surface area (TPSA) is 161 Å². The average Bonchev–Trinajstić information content (AvgIpc) is 3.88. The Kier molecular flexibility index (Phi) is 15.8. The zero-order valence-corrected chi connectivity index (χ0v) is 45.5. The fourth-order valence-corrected chi connectivity index (χ4v) is 14.6. The standard InChI is InChI=1S/C57H64N4O10S3/c1-8-49(62)53(74(66,67)69-7)20-22-72-73-57(3,4)21-19-54(63)58-41-25-36(33-70-50-31-48-45(23-35(50)2)56(65)61-43(32-59(48)5)28-40-14-10-12-16-47(40)61)24-37(26-41)34-71-52-29-38-17-18-42-27-39-13-9-11-15-46(39)60(42)55(64)44(38)30-51(52)68-6/h9-16,23-26,29-31,42-43,53H,8,17-22,27-28,32-34H2,1-7H3,(H,58,63)/t42-,43+,53?/m1/s1. The number of benzene rings is 5. The Morgan fingerprint density at radius 3 is 2.08 bits per heavy atom. The maximum absolute atomic E-state index is 14.2. The van der Waals surface area contributed by atoms with Gasteiger partial charge in [0.15, 0.2) is 17.3 Å². The molecular weight excluding hydrogens is 997 g/mol. The van der Waals surface area contributed by atoms with E-state index in [4.69, 9.17) is 14.2 Å². The van der Waals surface area contributed by atoms with Crippen molar-refractivity contribution in [2.45, 2.75) is 114 Å². The van der Waals surface area contributed by atoms with Crippen LogP contribution >= 0.6 is 21.6 Å². The molecule has 17 heteroatoms. The molecular formula is C57H64N4O10S3. The van der Waals surface area contributed by atoms with Gasteiger partial charge in [0.25, 0.3) is 21.9 Å². The van der Waals surface area contributed by atoms with E-state index in [1.807, 2.05) is 110 Å². The molecule has 5 aromatic rings. The van der Waals surface area contributed by atoms with Crippen molar-refractivity contribution < 1.29 is 46.0 Å². The van der Waals surface area contributed by atoms with Gasteiger partial charge in [-0.3, -0.25) is 23.4 Å². The number of Topliss-reactive ketones (excluding diaryl/α,β-unsaturated/α-hetero) is 1. The average molecular weight is 1060 g/mol. The molecule has 14 nitrogen and oxygen atoms in total. The van der Waals surface area contributed by atoms with Crippen LogP contribution in [-0.2, 0) is 56.4 Å². The van der Waals surface area contributed by atoms with E-state index >= 15 is 0 Å². The van der Waals surface area contributed by atoms with Crippen LogP contribution in [0.25, 0.3) is 0 Å². The zero-order valence-electron chi connectivity index (χ0n) is 43.0. The summed E-state index contributed by atoms with van der Waals surface area (Å²) in [5.74, 6) is 1.35. The van der Waals surface area contributed by atoms with E-state index in [1.54, 1.807) is 30.9 Å². The number of methoxy groups -OCH3 is 1. The second kappa shape index (κ2) is 22.1. The van der Waals surface area contributed by atoms with Crippen molar-refractivity contribution in [2.75, 3.05) is 53.6 Å².